The van der Waals surface area contributed by atoms with Crippen LogP contribution >= 0.6 is 0 Å². The zero-order valence-corrected chi connectivity index (χ0v) is 5.05. The van der Waals surface area contributed by atoms with Crippen molar-refractivity contribution in [3.8, 4) is 6.19 Å². The Labute approximate surface area is 53.0 Å². The summed E-state index contributed by atoms with van der Waals surface area (Å²) in [4.78, 5) is 3.58. The van der Waals surface area contributed by atoms with Crippen LogP contribution in [0.2, 0.25) is 0 Å². The maximum absolute atomic E-state index is 8.25. The Kier molecular flexibility index (Phi) is 4.18. The molecule has 5 heteroatoms. The number of nitrogens with one attached hydrogen (secondary N) is 2. The maximum Gasteiger partial charge on any atom is 0.206 e. The van der Waals surface area contributed by atoms with Crippen molar-refractivity contribution in [2.75, 3.05) is 13.8 Å². The number of nitriles is 1. The molecule has 3 N–H and O–H groups in total. The van der Waals surface area contributed by atoms with Crippen molar-refractivity contribution < 1.29 is 5.11 Å². The van der Waals surface area contributed by atoms with Gasteiger partial charge in [-0.25, -0.2) is 0 Å². The third kappa shape index (κ3) is 3.32. The van der Waals surface area contributed by atoms with Gasteiger partial charge in [0.2, 0.25) is 5.96 Å². The van der Waals surface area contributed by atoms with Gasteiger partial charge in [0.15, 0.2) is 6.19 Å². The summed E-state index contributed by atoms with van der Waals surface area (Å²) in [5.41, 5.74) is 0. The van der Waals surface area contributed by atoms with Crippen molar-refractivity contribution in [1.82, 2.24) is 10.6 Å². The second-order valence-corrected chi connectivity index (χ2v) is 1.14. The first kappa shape index (κ1) is 7.72. The second-order valence-electron chi connectivity index (χ2n) is 1.14. The highest BCUT2D eigenvalue weighted by Gasteiger charge is 1.88. The Balaban J connectivity index is 3.59. The van der Waals surface area contributed by atoms with E-state index in [0.29, 0.717) is 0 Å². The molecule has 0 aliphatic carbocycles. The van der Waals surface area contributed by atoms with Crippen LogP contribution in [0.25, 0.3) is 0 Å². The Morgan fingerprint density at radius 3 is 2.89 bits per heavy atom. The normalized spacial score (nSPS) is 10.1. The third-order valence-electron chi connectivity index (χ3n) is 0.644. The summed E-state index contributed by atoms with van der Waals surface area (Å²) in [6.45, 7) is -0.235. The summed E-state index contributed by atoms with van der Waals surface area (Å²) < 4.78 is 0. The van der Waals surface area contributed by atoms with Gasteiger partial charge in [0.05, 0.1) is 0 Å². The fourth-order valence-corrected chi connectivity index (χ4v) is 0.307. The minimum absolute atomic E-state index is 0.235. The van der Waals surface area contributed by atoms with E-state index < -0.39 is 0 Å². The molecule has 0 amide bonds. The predicted octanol–water partition coefficient (Wildman–Crippen LogP) is -1.42. The third-order valence-corrected chi connectivity index (χ3v) is 0.644. The summed E-state index contributed by atoms with van der Waals surface area (Å²) in [5.74, 6) is 0.264. The first-order valence-electron chi connectivity index (χ1n) is 2.31. The van der Waals surface area contributed by atoms with Gasteiger partial charge in [-0.2, -0.15) is 5.26 Å². The number of aliphatic imine (C=N–C) groups is 1. The number of guanidine groups is 1. The molecule has 50 valence electrons. The molecule has 0 fully saturated rings. The molecule has 0 heterocycles. The lowest BCUT2D eigenvalue weighted by Gasteiger charge is -2.00. The molecule has 0 saturated heterocycles. The molecule has 5 nitrogen and oxygen atoms in total. The van der Waals surface area contributed by atoms with Gasteiger partial charge >= 0.3 is 0 Å². The van der Waals surface area contributed by atoms with E-state index in [1.807, 2.05) is 0 Å². The van der Waals surface area contributed by atoms with E-state index >= 15 is 0 Å². The molecule has 0 bridgehead atoms. The average molecular weight is 128 g/mol. The average Bonchev–Trinajstić information content (AvgIpc) is 1.88. The Morgan fingerprint density at radius 1 is 1.89 bits per heavy atom. The molecule has 0 atom stereocenters. The van der Waals surface area contributed by atoms with Gasteiger partial charge in [-0.05, 0) is 0 Å². The number of rotatable bonds is 1. The van der Waals surface area contributed by atoms with E-state index in [-0.39, 0.29) is 12.7 Å². The molecule has 0 aromatic rings. The van der Waals surface area contributed by atoms with E-state index in [1.54, 1.807) is 6.19 Å². The van der Waals surface area contributed by atoms with Crippen molar-refractivity contribution in [2.24, 2.45) is 4.99 Å². The summed E-state index contributed by atoms with van der Waals surface area (Å²) in [6.07, 6.45) is 1.65. The lowest BCUT2D eigenvalue weighted by molar-refractivity contribution is 0.285. The lowest BCUT2D eigenvalue weighted by Crippen LogP contribution is -2.34. The number of aliphatic hydroxyl groups is 1. The predicted molar refractivity (Wildman–Crippen MR) is 32.3 cm³/mol. The second kappa shape index (κ2) is 4.87. The lowest BCUT2D eigenvalue weighted by atomic mass is 10.9. The fraction of sp³-hybridized carbons (Fsp3) is 0.500. The summed E-state index contributed by atoms with van der Waals surface area (Å²) in [6, 6.07) is 0. The molecule has 0 aromatic carbocycles. The Bertz CT molecular complexity index is 136. The van der Waals surface area contributed by atoms with Crippen LogP contribution in [0.5, 0.6) is 0 Å². The van der Waals surface area contributed by atoms with Crippen molar-refractivity contribution in [3.63, 3.8) is 0 Å². The highest BCUT2D eigenvalue weighted by atomic mass is 16.3. The SMILES string of the molecule is CN=C(NC#N)NCO. The van der Waals surface area contributed by atoms with E-state index in [4.69, 9.17) is 10.4 Å². The molecule has 0 spiro atoms. The standard InChI is InChI=1S/C4H8N4O/c1-6-4(7-2-5)8-3-9/h9H,3H2,1H3,(H2,6,7,8). The number of hydrogen-bond acceptors (Lipinski definition) is 3. The van der Waals surface area contributed by atoms with Gasteiger partial charge < -0.3 is 10.4 Å². The fourth-order valence-electron chi connectivity index (χ4n) is 0.307. The van der Waals surface area contributed by atoms with Crippen LogP contribution in [0.1, 0.15) is 0 Å². The van der Waals surface area contributed by atoms with Gasteiger partial charge in [-0.15, -0.1) is 0 Å². The van der Waals surface area contributed by atoms with Crippen LogP contribution in [0.15, 0.2) is 4.99 Å². The molecule has 0 unspecified atom stereocenters. The monoisotopic (exact) mass is 128 g/mol. The molecule has 0 aliphatic heterocycles. The van der Waals surface area contributed by atoms with Crippen molar-refractivity contribution >= 4 is 5.96 Å². The van der Waals surface area contributed by atoms with Crippen LogP contribution in [0.4, 0.5) is 0 Å². The molecular formula is C4H8N4O. The number of hydrogen-bond donors (Lipinski definition) is 3. The van der Waals surface area contributed by atoms with Gasteiger partial charge in [0.25, 0.3) is 0 Å². The quantitative estimate of drug-likeness (QED) is 0.133. The largest absolute Gasteiger partial charge is 0.376 e. The van der Waals surface area contributed by atoms with Crippen LogP contribution in [-0.4, -0.2) is 24.8 Å². The highest BCUT2D eigenvalue weighted by molar-refractivity contribution is 5.80. The maximum atomic E-state index is 8.25. The smallest absolute Gasteiger partial charge is 0.206 e. The minimum Gasteiger partial charge on any atom is -0.376 e. The van der Waals surface area contributed by atoms with Crippen LogP contribution in [0, 0.1) is 11.5 Å². The zero-order chi connectivity index (χ0) is 7.11. The van der Waals surface area contributed by atoms with Gasteiger partial charge in [0, 0.05) is 7.05 Å². The van der Waals surface area contributed by atoms with E-state index in [1.165, 1.54) is 7.05 Å². The van der Waals surface area contributed by atoms with Gasteiger partial charge in [0.1, 0.15) is 6.73 Å². The summed E-state index contributed by atoms with van der Waals surface area (Å²) in [7, 11) is 1.50. The molecule has 0 saturated carbocycles. The van der Waals surface area contributed by atoms with E-state index in [9.17, 15) is 0 Å². The molecule has 0 aliphatic rings. The van der Waals surface area contributed by atoms with Crippen molar-refractivity contribution in [3.05, 3.63) is 0 Å². The van der Waals surface area contributed by atoms with Crippen molar-refractivity contribution in [2.45, 2.75) is 0 Å². The molecule has 0 radical (unpaired) electrons. The van der Waals surface area contributed by atoms with Gasteiger partial charge in [-0.1, -0.05) is 0 Å². The first-order chi connectivity index (χ1) is 4.35. The molecule has 0 aromatic heterocycles. The minimum atomic E-state index is -0.235. The first-order valence-corrected chi connectivity index (χ1v) is 2.31. The summed E-state index contributed by atoms with van der Waals surface area (Å²) >= 11 is 0. The van der Waals surface area contributed by atoms with Crippen LogP contribution in [0.3, 0.4) is 0 Å². The number of nitrogens with zero attached hydrogens (tertiary/aromatic N) is 2. The van der Waals surface area contributed by atoms with Gasteiger partial charge in [-0.3, -0.25) is 10.3 Å². The topological polar surface area (TPSA) is 80.4 Å². The van der Waals surface area contributed by atoms with E-state index in [0.717, 1.165) is 0 Å². The van der Waals surface area contributed by atoms with Crippen LogP contribution in [-0.2, 0) is 0 Å². The Morgan fingerprint density at radius 2 is 2.56 bits per heavy atom. The van der Waals surface area contributed by atoms with Crippen LogP contribution < -0.4 is 10.6 Å². The van der Waals surface area contributed by atoms with E-state index in [2.05, 4.69) is 15.6 Å². The van der Waals surface area contributed by atoms with Crippen molar-refractivity contribution in [1.29, 1.82) is 5.26 Å². The molecule has 9 heavy (non-hydrogen) atoms. The Hall–Kier alpha value is -1.28. The summed E-state index contributed by atoms with van der Waals surface area (Å²) in [5, 5.41) is 20.9. The highest BCUT2D eigenvalue weighted by Crippen LogP contribution is 1.60. The number of aliphatic hydroxyl groups excluding tert-OH is 1. The molecule has 0 rings (SSSR count). The zero-order valence-electron chi connectivity index (χ0n) is 5.05. The molecular weight excluding hydrogens is 120 g/mol.